The number of nitrogens with one attached hydrogen (secondary N) is 2. The van der Waals surface area contributed by atoms with Crippen LogP contribution in [0.15, 0.2) is 18.3 Å². The van der Waals surface area contributed by atoms with E-state index in [1.807, 2.05) is 19.1 Å². The molecule has 3 N–H and O–H groups in total. The third-order valence-corrected chi connectivity index (χ3v) is 4.67. The zero-order chi connectivity index (χ0) is 15.6. The highest BCUT2D eigenvalue weighted by Gasteiger charge is 2.38. The monoisotopic (exact) mass is 302 g/mol. The van der Waals surface area contributed by atoms with Crippen molar-refractivity contribution in [2.45, 2.75) is 45.1 Å². The maximum Gasteiger partial charge on any atom is 0.220 e. The number of aromatic nitrogens is 3. The van der Waals surface area contributed by atoms with Gasteiger partial charge in [-0.15, -0.1) is 0 Å². The van der Waals surface area contributed by atoms with E-state index in [4.69, 9.17) is 0 Å². The number of aliphatic hydroxyl groups excluding tert-OH is 1. The molecule has 0 saturated heterocycles. The smallest absolute Gasteiger partial charge is 0.220 e. The highest BCUT2D eigenvalue weighted by molar-refractivity contribution is 5.77. The Balaban J connectivity index is 1.56. The van der Waals surface area contributed by atoms with E-state index in [-0.39, 0.29) is 24.0 Å². The minimum absolute atomic E-state index is 0.0139. The molecule has 2 aromatic heterocycles. The number of fused-ring (bicyclic) bond motifs is 1. The number of carbonyl (C=O) groups excluding carboxylic acids is 1. The molecular formula is C16H22N4O2. The number of nitrogens with zero attached hydrogens (tertiary/aromatic N) is 2. The second kappa shape index (κ2) is 6.04. The van der Waals surface area contributed by atoms with E-state index >= 15 is 0 Å². The Morgan fingerprint density at radius 1 is 1.59 bits per heavy atom. The average molecular weight is 302 g/mol. The zero-order valence-corrected chi connectivity index (χ0v) is 12.8. The maximum absolute atomic E-state index is 12.1. The summed E-state index contributed by atoms with van der Waals surface area (Å²) in [5.74, 6) is 0.792. The molecule has 0 bridgehead atoms. The van der Waals surface area contributed by atoms with E-state index in [0.717, 1.165) is 30.6 Å². The Kier molecular flexibility index (Phi) is 4.11. The van der Waals surface area contributed by atoms with Crippen molar-refractivity contribution < 1.29 is 9.90 Å². The van der Waals surface area contributed by atoms with E-state index in [1.54, 1.807) is 6.20 Å². The maximum atomic E-state index is 12.1. The van der Waals surface area contributed by atoms with Gasteiger partial charge in [-0.05, 0) is 25.0 Å². The first-order valence-corrected chi connectivity index (χ1v) is 7.80. The molecule has 0 radical (unpaired) electrons. The van der Waals surface area contributed by atoms with Gasteiger partial charge in [0, 0.05) is 30.5 Å². The van der Waals surface area contributed by atoms with Gasteiger partial charge in [-0.2, -0.15) is 0 Å². The number of aryl methyl sites for hydroxylation is 1. The summed E-state index contributed by atoms with van der Waals surface area (Å²) in [5, 5.41) is 12.6. The summed E-state index contributed by atoms with van der Waals surface area (Å²) in [6.45, 7) is 2.16. The minimum atomic E-state index is -0.182. The predicted molar refractivity (Wildman–Crippen MR) is 83.2 cm³/mol. The van der Waals surface area contributed by atoms with Crippen molar-refractivity contribution in [3.8, 4) is 0 Å². The fourth-order valence-electron chi connectivity index (χ4n) is 3.18. The van der Waals surface area contributed by atoms with E-state index in [2.05, 4.69) is 20.3 Å². The number of hydrogen-bond acceptors (Lipinski definition) is 4. The number of rotatable bonds is 5. The van der Waals surface area contributed by atoms with Gasteiger partial charge in [0.15, 0.2) is 5.65 Å². The van der Waals surface area contributed by atoms with Crippen molar-refractivity contribution in [1.82, 2.24) is 20.3 Å². The largest absolute Gasteiger partial charge is 0.396 e. The molecule has 22 heavy (non-hydrogen) atoms. The van der Waals surface area contributed by atoms with Crippen LogP contribution >= 0.6 is 0 Å². The molecule has 1 saturated carbocycles. The lowest BCUT2D eigenvalue weighted by Gasteiger charge is -2.30. The highest BCUT2D eigenvalue weighted by atomic mass is 16.3. The number of aromatic amines is 1. The normalized spacial score (nSPS) is 24.7. The van der Waals surface area contributed by atoms with E-state index in [9.17, 15) is 9.90 Å². The van der Waals surface area contributed by atoms with Gasteiger partial charge in [0.1, 0.15) is 5.82 Å². The van der Waals surface area contributed by atoms with Crippen LogP contribution in [0.25, 0.3) is 11.2 Å². The quantitative estimate of drug-likeness (QED) is 0.781. The second-order valence-corrected chi connectivity index (χ2v) is 6.38. The SMILES string of the molecule is CC1(CO)CCCC1NC(=O)CCc1nc2ncccc2[nH]1. The third kappa shape index (κ3) is 2.97. The predicted octanol–water partition coefficient (Wildman–Crippen LogP) is 1.56. The Labute approximate surface area is 129 Å². The molecular weight excluding hydrogens is 280 g/mol. The fraction of sp³-hybridized carbons (Fsp3) is 0.562. The van der Waals surface area contributed by atoms with Gasteiger partial charge < -0.3 is 15.4 Å². The van der Waals surface area contributed by atoms with Crippen molar-refractivity contribution in [3.63, 3.8) is 0 Å². The Hall–Kier alpha value is -1.95. The summed E-state index contributed by atoms with van der Waals surface area (Å²) in [7, 11) is 0. The van der Waals surface area contributed by atoms with Crippen LogP contribution in [0.5, 0.6) is 0 Å². The van der Waals surface area contributed by atoms with Crippen molar-refractivity contribution in [2.75, 3.05) is 6.61 Å². The summed E-state index contributed by atoms with van der Waals surface area (Å²) in [6, 6.07) is 3.85. The van der Waals surface area contributed by atoms with Gasteiger partial charge in [-0.25, -0.2) is 9.97 Å². The summed E-state index contributed by atoms with van der Waals surface area (Å²) in [4.78, 5) is 23.9. The lowest BCUT2D eigenvalue weighted by atomic mass is 9.86. The van der Waals surface area contributed by atoms with Crippen LogP contribution in [-0.2, 0) is 11.2 Å². The molecule has 0 spiro atoms. The molecule has 3 rings (SSSR count). The van der Waals surface area contributed by atoms with Gasteiger partial charge in [0.25, 0.3) is 0 Å². The first-order chi connectivity index (χ1) is 10.6. The number of hydrogen-bond donors (Lipinski definition) is 3. The van der Waals surface area contributed by atoms with Gasteiger partial charge in [-0.1, -0.05) is 13.3 Å². The summed E-state index contributed by atoms with van der Waals surface area (Å²) < 4.78 is 0. The van der Waals surface area contributed by atoms with Gasteiger partial charge >= 0.3 is 0 Å². The Morgan fingerprint density at radius 3 is 3.23 bits per heavy atom. The summed E-state index contributed by atoms with van der Waals surface area (Å²) in [5.41, 5.74) is 1.39. The topological polar surface area (TPSA) is 90.9 Å². The Bertz CT molecular complexity index is 636. The van der Waals surface area contributed by atoms with E-state index in [1.165, 1.54) is 0 Å². The molecule has 2 atom stereocenters. The molecule has 1 amide bonds. The molecule has 2 unspecified atom stereocenters. The number of H-pyrrole nitrogens is 1. The molecule has 6 heteroatoms. The lowest BCUT2D eigenvalue weighted by Crippen LogP contribution is -2.44. The second-order valence-electron chi connectivity index (χ2n) is 6.38. The number of aliphatic hydroxyl groups is 1. The number of imidazole rings is 1. The van der Waals surface area contributed by atoms with Crippen LogP contribution < -0.4 is 5.32 Å². The molecule has 1 aliphatic carbocycles. The van der Waals surface area contributed by atoms with Crippen molar-refractivity contribution in [3.05, 3.63) is 24.2 Å². The first-order valence-electron chi connectivity index (χ1n) is 7.80. The zero-order valence-electron chi connectivity index (χ0n) is 12.8. The van der Waals surface area contributed by atoms with Gasteiger partial charge in [0.05, 0.1) is 12.1 Å². The van der Waals surface area contributed by atoms with Crippen LogP contribution in [0.1, 0.15) is 38.4 Å². The molecule has 1 aliphatic rings. The third-order valence-electron chi connectivity index (χ3n) is 4.67. The van der Waals surface area contributed by atoms with Gasteiger partial charge in [-0.3, -0.25) is 4.79 Å². The number of amides is 1. The molecule has 0 aliphatic heterocycles. The average Bonchev–Trinajstić information content (AvgIpc) is 3.09. The van der Waals surface area contributed by atoms with Crippen LogP contribution in [0.3, 0.4) is 0 Å². The standard InChI is InChI=1S/C16H22N4O2/c1-16(10-21)8-2-5-12(16)19-14(22)7-6-13-18-11-4-3-9-17-15(11)20-13/h3-4,9,12,21H,2,5-8,10H2,1H3,(H,19,22)(H,17,18,20). The van der Waals surface area contributed by atoms with Crippen LogP contribution in [-0.4, -0.2) is 38.6 Å². The molecule has 2 heterocycles. The molecule has 6 nitrogen and oxygen atoms in total. The van der Waals surface area contributed by atoms with Crippen molar-refractivity contribution in [2.24, 2.45) is 5.41 Å². The first kappa shape index (κ1) is 15.0. The van der Waals surface area contributed by atoms with Crippen molar-refractivity contribution in [1.29, 1.82) is 0 Å². The molecule has 0 aromatic carbocycles. The Morgan fingerprint density at radius 2 is 2.45 bits per heavy atom. The molecule has 2 aromatic rings. The summed E-state index contributed by atoms with van der Waals surface area (Å²) >= 11 is 0. The molecule has 118 valence electrons. The number of carbonyl (C=O) groups is 1. The lowest BCUT2D eigenvalue weighted by molar-refractivity contribution is -0.122. The van der Waals surface area contributed by atoms with Crippen LogP contribution in [0.2, 0.25) is 0 Å². The van der Waals surface area contributed by atoms with Crippen LogP contribution in [0.4, 0.5) is 0 Å². The summed E-state index contributed by atoms with van der Waals surface area (Å²) in [6.07, 6.45) is 5.61. The molecule has 1 fully saturated rings. The van der Waals surface area contributed by atoms with Crippen molar-refractivity contribution >= 4 is 17.1 Å². The highest BCUT2D eigenvalue weighted by Crippen LogP contribution is 2.37. The fourth-order valence-corrected chi connectivity index (χ4v) is 3.18. The number of pyridine rings is 1. The van der Waals surface area contributed by atoms with Crippen LogP contribution in [0, 0.1) is 5.41 Å². The van der Waals surface area contributed by atoms with E-state index < -0.39 is 0 Å². The van der Waals surface area contributed by atoms with E-state index in [0.29, 0.717) is 18.5 Å². The van der Waals surface area contributed by atoms with Gasteiger partial charge in [0.2, 0.25) is 5.91 Å². The minimum Gasteiger partial charge on any atom is -0.396 e.